The van der Waals surface area contributed by atoms with Crippen LogP contribution in [0.25, 0.3) is 11.1 Å². The summed E-state index contributed by atoms with van der Waals surface area (Å²) < 4.78 is 0. The summed E-state index contributed by atoms with van der Waals surface area (Å²) in [4.78, 5) is 0. The van der Waals surface area contributed by atoms with Crippen molar-refractivity contribution in [1.29, 1.82) is 0 Å². The molecule has 3 aromatic carbocycles. The molecule has 0 fully saturated rings. The van der Waals surface area contributed by atoms with E-state index in [4.69, 9.17) is 0 Å². The van der Waals surface area contributed by atoms with Gasteiger partial charge in [-0.05, 0) is 33.2 Å². The fourth-order valence-electron chi connectivity index (χ4n) is 3.26. The van der Waals surface area contributed by atoms with E-state index in [9.17, 15) is 0 Å². The van der Waals surface area contributed by atoms with E-state index in [2.05, 4.69) is 113 Å². The molecule has 3 rings (SSSR count). The quantitative estimate of drug-likeness (QED) is 0.486. The maximum absolute atomic E-state index is 2.30. The van der Waals surface area contributed by atoms with Crippen molar-refractivity contribution in [3.8, 4) is 11.1 Å². The largest absolute Gasteiger partial charge is 0.0622 e. The highest BCUT2D eigenvalue weighted by Gasteiger charge is 2.24. The lowest BCUT2D eigenvalue weighted by Gasteiger charge is -2.28. The van der Waals surface area contributed by atoms with Gasteiger partial charge in [-0.1, -0.05) is 113 Å². The van der Waals surface area contributed by atoms with E-state index < -0.39 is 0 Å². The van der Waals surface area contributed by atoms with Crippen LogP contribution in [-0.2, 0) is 10.8 Å². The molecule has 0 spiro atoms. The molecule has 0 atom stereocenters. The third-order valence-corrected chi connectivity index (χ3v) is 5.19. The second kappa shape index (κ2) is 6.52. The zero-order chi connectivity index (χ0) is 18.1. The van der Waals surface area contributed by atoms with Gasteiger partial charge in [-0.25, -0.2) is 0 Å². The first-order chi connectivity index (χ1) is 11.8. The molecule has 0 aliphatic carbocycles. The van der Waals surface area contributed by atoms with E-state index in [1.54, 1.807) is 0 Å². The lowest BCUT2D eigenvalue weighted by atomic mass is 9.76. The summed E-state index contributed by atoms with van der Waals surface area (Å²) in [6.45, 7) is 11.4. The maximum atomic E-state index is 2.30. The molecule has 3 aromatic rings. The molecular formula is C25H28. The van der Waals surface area contributed by atoms with Gasteiger partial charge in [-0.3, -0.25) is 0 Å². The van der Waals surface area contributed by atoms with Crippen molar-refractivity contribution in [1.82, 2.24) is 0 Å². The lowest BCUT2D eigenvalue weighted by Crippen LogP contribution is -2.19. The van der Waals surface area contributed by atoms with Gasteiger partial charge in [0, 0.05) is 5.41 Å². The molecule has 0 N–H and O–H groups in total. The van der Waals surface area contributed by atoms with Gasteiger partial charge in [-0.15, -0.1) is 0 Å². The first-order valence-corrected chi connectivity index (χ1v) is 9.05. The van der Waals surface area contributed by atoms with E-state index in [1.807, 2.05) is 0 Å². The third kappa shape index (κ3) is 3.69. The van der Waals surface area contributed by atoms with Crippen molar-refractivity contribution in [2.24, 2.45) is 0 Å². The Labute approximate surface area is 152 Å². The first kappa shape index (κ1) is 17.5. The number of hydrogen-bond acceptors (Lipinski definition) is 0. The van der Waals surface area contributed by atoms with Crippen LogP contribution in [0.4, 0.5) is 0 Å². The normalized spacial score (nSPS) is 12.2. The monoisotopic (exact) mass is 328 g/mol. The molecule has 0 heteroatoms. The molecule has 128 valence electrons. The van der Waals surface area contributed by atoms with Crippen LogP contribution in [0.5, 0.6) is 0 Å². The van der Waals surface area contributed by atoms with Gasteiger partial charge in [0.1, 0.15) is 0 Å². The summed E-state index contributed by atoms with van der Waals surface area (Å²) in [5, 5.41) is 0. The zero-order valence-corrected chi connectivity index (χ0v) is 16.0. The Morgan fingerprint density at radius 3 is 1.32 bits per heavy atom. The lowest BCUT2D eigenvalue weighted by molar-refractivity contribution is 0.587. The van der Waals surface area contributed by atoms with Gasteiger partial charge in [0.2, 0.25) is 0 Å². The number of benzene rings is 3. The minimum absolute atomic E-state index is 0.00830. The van der Waals surface area contributed by atoms with Crippen LogP contribution in [-0.4, -0.2) is 0 Å². The van der Waals surface area contributed by atoms with E-state index in [0.717, 1.165) is 0 Å². The van der Waals surface area contributed by atoms with Crippen LogP contribution in [0.3, 0.4) is 0 Å². The Kier molecular flexibility index (Phi) is 4.56. The van der Waals surface area contributed by atoms with Gasteiger partial charge in [0.25, 0.3) is 0 Å². The van der Waals surface area contributed by atoms with Gasteiger partial charge in [0.15, 0.2) is 0 Å². The molecule has 0 saturated heterocycles. The zero-order valence-electron chi connectivity index (χ0n) is 16.0. The van der Waals surface area contributed by atoms with Gasteiger partial charge in [0.05, 0.1) is 0 Å². The molecule has 25 heavy (non-hydrogen) atoms. The predicted molar refractivity (Wildman–Crippen MR) is 109 cm³/mol. The van der Waals surface area contributed by atoms with Crippen LogP contribution in [0.2, 0.25) is 0 Å². The molecule has 0 aliphatic rings. The van der Waals surface area contributed by atoms with Crippen molar-refractivity contribution in [2.75, 3.05) is 0 Å². The van der Waals surface area contributed by atoms with E-state index in [-0.39, 0.29) is 10.8 Å². The van der Waals surface area contributed by atoms with Gasteiger partial charge in [-0.2, -0.15) is 0 Å². The summed E-state index contributed by atoms with van der Waals surface area (Å²) in [5.41, 5.74) is 6.80. The van der Waals surface area contributed by atoms with Crippen LogP contribution in [0.15, 0.2) is 78.9 Å². The van der Waals surface area contributed by atoms with E-state index >= 15 is 0 Å². The van der Waals surface area contributed by atoms with Crippen LogP contribution in [0, 0.1) is 0 Å². The summed E-state index contributed by atoms with van der Waals surface area (Å²) in [6.07, 6.45) is 0. The third-order valence-electron chi connectivity index (χ3n) is 5.19. The Morgan fingerprint density at radius 2 is 0.840 bits per heavy atom. The van der Waals surface area contributed by atoms with Crippen molar-refractivity contribution in [3.05, 3.63) is 95.6 Å². The fourth-order valence-corrected chi connectivity index (χ4v) is 3.26. The molecule has 0 amide bonds. The Balaban J connectivity index is 1.89. The maximum Gasteiger partial charge on any atom is 0.0146 e. The van der Waals surface area contributed by atoms with Crippen molar-refractivity contribution < 1.29 is 0 Å². The van der Waals surface area contributed by atoms with Crippen molar-refractivity contribution in [2.45, 2.75) is 45.4 Å². The molecule has 0 nitrogen and oxygen atoms in total. The summed E-state index contributed by atoms with van der Waals surface area (Å²) in [6, 6.07) is 28.7. The average Bonchev–Trinajstić information content (AvgIpc) is 2.62. The molecule has 0 aromatic heterocycles. The standard InChI is InChI=1S/C25H28/c1-24(2,3)21-15-17-23(18-16-21)25(4,5)22-13-11-20(12-14-22)19-9-7-6-8-10-19/h6-18H,1-5H3. The predicted octanol–water partition coefficient (Wildman–Crippen LogP) is 6.98. The van der Waals surface area contributed by atoms with Crippen LogP contribution in [0.1, 0.15) is 51.3 Å². The second-order valence-corrected chi connectivity index (χ2v) is 8.40. The summed E-state index contributed by atoms with van der Waals surface area (Å²) in [5.74, 6) is 0. The topological polar surface area (TPSA) is 0 Å². The minimum atomic E-state index is -0.00830. The molecular weight excluding hydrogens is 300 g/mol. The fraction of sp³-hybridized carbons (Fsp3) is 0.280. The summed E-state index contributed by atoms with van der Waals surface area (Å²) >= 11 is 0. The van der Waals surface area contributed by atoms with Crippen LogP contribution >= 0.6 is 0 Å². The highest BCUT2D eigenvalue weighted by molar-refractivity contribution is 5.64. The molecule has 0 radical (unpaired) electrons. The minimum Gasteiger partial charge on any atom is -0.0622 e. The Morgan fingerprint density at radius 1 is 0.440 bits per heavy atom. The highest BCUT2D eigenvalue weighted by Crippen LogP contribution is 2.34. The smallest absolute Gasteiger partial charge is 0.0146 e. The molecule has 0 saturated carbocycles. The SMILES string of the molecule is CC(C)(C)c1ccc(C(C)(C)c2ccc(-c3ccccc3)cc2)cc1. The molecule has 0 unspecified atom stereocenters. The number of hydrogen-bond donors (Lipinski definition) is 0. The molecule has 0 aliphatic heterocycles. The van der Waals surface area contributed by atoms with Crippen molar-refractivity contribution >= 4 is 0 Å². The molecule has 0 heterocycles. The highest BCUT2D eigenvalue weighted by atomic mass is 14.3. The second-order valence-electron chi connectivity index (χ2n) is 8.40. The molecule has 0 bridgehead atoms. The van der Waals surface area contributed by atoms with E-state index in [1.165, 1.54) is 27.8 Å². The number of rotatable bonds is 3. The van der Waals surface area contributed by atoms with Crippen LogP contribution < -0.4 is 0 Å². The Hall–Kier alpha value is -2.34. The average molecular weight is 328 g/mol. The van der Waals surface area contributed by atoms with E-state index in [0.29, 0.717) is 0 Å². The summed E-state index contributed by atoms with van der Waals surface area (Å²) in [7, 11) is 0. The van der Waals surface area contributed by atoms with Gasteiger partial charge >= 0.3 is 0 Å². The van der Waals surface area contributed by atoms with Crippen molar-refractivity contribution in [3.63, 3.8) is 0 Å². The first-order valence-electron chi connectivity index (χ1n) is 9.05. The van der Waals surface area contributed by atoms with Gasteiger partial charge < -0.3 is 0 Å². The Bertz CT molecular complexity index is 814.